The Morgan fingerprint density at radius 1 is 0.976 bits per heavy atom. The molecule has 12 heteroatoms. The van der Waals surface area contributed by atoms with Gasteiger partial charge in [-0.3, -0.25) is 4.79 Å². The molecule has 2 N–H and O–H groups in total. The van der Waals surface area contributed by atoms with E-state index in [4.69, 9.17) is 0 Å². The first-order chi connectivity index (χ1) is 19.5. The molecule has 0 amide bonds. The molecule has 1 aromatic carbocycles. The second-order valence-electron chi connectivity index (χ2n) is 9.74. The summed E-state index contributed by atoms with van der Waals surface area (Å²) in [5, 5.41) is 12.8. The Morgan fingerprint density at radius 2 is 1.63 bits per heavy atom. The molecule has 210 valence electrons. The molecule has 9 nitrogen and oxygen atoms in total. The van der Waals surface area contributed by atoms with Gasteiger partial charge in [0.2, 0.25) is 0 Å². The van der Waals surface area contributed by atoms with Gasteiger partial charge in [-0.25, -0.2) is 29.3 Å². The molecule has 0 saturated heterocycles. The van der Waals surface area contributed by atoms with Crippen molar-refractivity contribution in [3.8, 4) is 22.6 Å². The highest BCUT2D eigenvalue weighted by atomic mass is 19.3. The maximum Gasteiger partial charge on any atom is 0.314 e. The van der Waals surface area contributed by atoms with Crippen molar-refractivity contribution in [2.24, 2.45) is 7.05 Å². The van der Waals surface area contributed by atoms with E-state index in [-0.39, 0.29) is 11.1 Å². The van der Waals surface area contributed by atoms with Crippen molar-refractivity contribution in [1.29, 1.82) is 0 Å². The third kappa shape index (κ3) is 5.38. The number of hydrogen-bond donors (Lipinski definition) is 2. The lowest BCUT2D eigenvalue weighted by molar-refractivity contribution is -0.0587. The fourth-order valence-electron chi connectivity index (χ4n) is 4.59. The number of aryl methyl sites for hydroxylation is 2. The summed E-state index contributed by atoms with van der Waals surface area (Å²) in [6, 6.07) is 6.37. The van der Waals surface area contributed by atoms with E-state index in [2.05, 4.69) is 30.2 Å². The highest BCUT2D eigenvalue weighted by molar-refractivity contribution is 5.89. The van der Waals surface area contributed by atoms with Gasteiger partial charge in [-0.05, 0) is 62.1 Å². The van der Waals surface area contributed by atoms with Crippen LogP contribution in [0.25, 0.3) is 33.4 Å². The van der Waals surface area contributed by atoms with Crippen molar-refractivity contribution in [2.75, 3.05) is 11.9 Å². The number of benzene rings is 1. The monoisotopic (exact) mass is 561 g/mol. The summed E-state index contributed by atoms with van der Waals surface area (Å²) in [4.78, 5) is 34.4. The molecule has 0 fully saturated rings. The Morgan fingerprint density at radius 3 is 2.29 bits per heavy atom. The lowest BCUT2D eigenvalue weighted by Gasteiger charge is -2.23. The van der Waals surface area contributed by atoms with Crippen LogP contribution in [0.3, 0.4) is 0 Å². The molecule has 0 aliphatic carbocycles. The minimum atomic E-state index is -3.60. The molecule has 1 atom stereocenters. The predicted octanol–water partition coefficient (Wildman–Crippen LogP) is 4.86. The van der Waals surface area contributed by atoms with Crippen LogP contribution in [0.4, 0.5) is 18.9 Å². The lowest BCUT2D eigenvalue weighted by atomic mass is 9.98. The Balaban J connectivity index is 1.59. The van der Waals surface area contributed by atoms with Crippen LogP contribution in [-0.4, -0.2) is 41.2 Å². The number of pyridine rings is 2. The van der Waals surface area contributed by atoms with Crippen LogP contribution in [0.5, 0.6) is 0 Å². The van der Waals surface area contributed by atoms with E-state index in [1.165, 1.54) is 16.7 Å². The number of aromatic nitrogens is 6. The summed E-state index contributed by atoms with van der Waals surface area (Å²) >= 11 is 0. The molecule has 0 radical (unpaired) electrons. The average Bonchev–Trinajstić information content (AvgIpc) is 2.96. The smallest absolute Gasteiger partial charge is 0.314 e. The van der Waals surface area contributed by atoms with Gasteiger partial charge < -0.3 is 15.0 Å². The van der Waals surface area contributed by atoms with E-state index in [1.807, 2.05) is 0 Å². The fourth-order valence-corrected chi connectivity index (χ4v) is 4.59. The van der Waals surface area contributed by atoms with Crippen LogP contribution < -0.4 is 10.9 Å². The van der Waals surface area contributed by atoms with E-state index in [0.29, 0.717) is 45.1 Å². The summed E-state index contributed by atoms with van der Waals surface area (Å²) in [6.45, 7) is 3.57. The van der Waals surface area contributed by atoms with Crippen LogP contribution in [-0.2, 0) is 13.0 Å². The standard InChI is InChI=1S/C29H26F3N7O2/c1-15-5-6-24(26(37-15)29(31,32)14-40)38-16(2)21-7-20(30)8-23-22(21)9-25(39(4)28(23)41)18-10-35-27(36-11-18)19-12-33-17(3)34-13-19/h5-13,16,38,40H,14H2,1-4H3/t16-/m1/s1. The average molecular weight is 562 g/mol. The van der Waals surface area contributed by atoms with Crippen LogP contribution in [0.1, 0.15) is 35.7 Å². The summed E-state index contributed by atoms with van der Waals surface area (Å²) in [5.74, 6) is -3.23. The number of alkyl halides is 2. The number of nitrogens with one attached hydrogen (secondary N) is 1. The zero-order valence-electron chi connectivity index (χ0n) is 22.7. The van der Waals surface area contributed by atoms with E-state index in [0.717, 1.165) is 6.07 Å². The van der Waals surface area contributed by atoms with Gasteiger partial charge in [-0.15, -0.1) is 0 Å². The minimum Gasteiger partial charge on any atom is -0.390 e. The first-order valence-corrected chi connectivity index (χ1v) is 12.7. The fraction of sp³-hybridized carbons (Fsp3) is 0.241. The Kier molecular flexibility index (Phi) is 7.26. The first kappa shape index (κ1) is 27.8. The van der Waals surface area contributed by atoms with Crippen LogP contribution in [0, 0.1) is 19.7 Å². The second-order valence-corrected chi connectivity index (χ2v) is 9.74. The van der Waals surface area contributed by atoms with Crippen molar-refractivity contribution in [2.45, 2.75) is 32.7 Å². The Bertz CT molecular complexity index is 1810. The maximum atomic E-state index is 14.8. The molecule has 0 unspecified atom stereocenters. The molecule has 0 saturated carbocycles. The number of aliphatic hydroxyl groups excluding tert-OH is 1. The van der Waals surface area contributed by atoms with Crippen LogP contribution >= 0.6 is 0 Å². The summed E-state index contributed by atoms with van der Waals surface area (Å²) in [6.07, 6.45) is 6.36. The van der Waals surface area contributed by atoms with Crippen molar-refractivity contribution < 1.29 is 18.3 Å². The normalized spacial score (nSPS) is 12.5. The van der Waals surface area contributed by atoms with Gasteiger partial charge in [0.1, 0.15) is 23.9 Å². The van der Waals surface area contributed by atoms with Crippen molar-refractivity contribution in [1.82, 2.24) is 29.5 Å². The van der Waals surface area contributed by atoms with Crippen molar-refractivity contribution in [3.05, 3.63) is 94.1 Å². The van der Waals surface area contributed by atoms with E-state index >= 15 is 0 Å². The molecule has 0 aliphatic rings. The van der Waals surface area contributed by atoms with Crippen LogP contribution in [0.2, 0.25) is 0 Å². The van der Waals surface area contributed by atoms with Gasteiger partial charge in [-0.2, -0.15) is 8.78 Å². The first-order valence-electron chi connectivity index (χ1n) is 12.7. The number of aliphatic hydroxyl groups is 1. The van der Waals surface area contributed by atoms with Gasteiger partial charge in [0.05, 0.1) is 22.3 Å². The third-order valence-electron chi connectivity index (χ3n) is 6.76. The highest BCUT2D eigenvalue weighted by Crippen LogP contribution is 2.35. The SMILES string of the molecule is Cc1ccc(N[C@H](C)c2cc(F)cc3c(=O)n(C)c(-c4cnc(-c5cnc(C)nc5)nc4)cc23)c(C(F)(F)CO)n1. The van der Waals surface area contributed by atoms with Crippen molar-refractivity contribution in [3.63, 3.8) is 0 Å². The number of halogens is 3. The molecular formula is C29H26F3N7O2. The van der Waals surface area contributed by atoms with E-state index in [1.54, 1.807) is 64.7 Å². The highest BCUT2D eigenvalue weighted by Gasteiger charge is 2.35. The zero-order valence-corrected chi connectivity index (χ0v) is 22.7. The molecule has 0 spiro atoms. The lowest BCUT2D eigenvalue weighted by Crippen LogP contribution is -2.24. The number of nitrogens with zero attached hydrogens (tertiary/aromatic N) is 6. The summed E-state index contributed by atoms with van der Waals surface area (Å²) in [7, 11) is 1.56. The van der Waals surface area contributed by atoms with E-state index in [9.17, 15) is 23.1 Å². The Hall–Kier alpha value is -4.71. The summed E-state index contributed by atoms with van der Waals surface area (Å²) in [5.41, 5.74) is 1.25. The molecule has 4 heterocycles. The van der Waals surface area contributed by atoms with Gasteiger partial charge in [-0.1, -0.05) is 0 Å². The quantitative estimate of drug-likeness (QED) is 0.289. The van der Waals surface area contributed by atoms with Gasteiger partial charge in [0, 0.05) is 49.1 Å². The second kappa shape index (κ2) is 10.7. The van der Waals surface area contributed by atoms with E-state index < -0.39 is 35.6 Å². The molecular weight excluding hydrogens is 535 g/mol. The molecule has 0 bridgehead atoms. The summed E-state index contributed by atoms with van der Waals surface area (Å²) < 4.78 is 45.2. The molecule has 4 aromatic heterocycles. The number of anilines is 1. The largest absolute Gasteiger partial charge is 0.390 e. The minimum absolute atomic E-state index is 0.0207. The maximum absolute atomic E-state index is 14.8. The number of hydrogen-bond acceptors (Lipinski definition) is 8. The molecule has 5 rings (SSSR count). The van der Waals surface area contributed by atoms with Gasteiger partial charge in [0.15, 0.2) is 5.82 Å². The molecule has 0 aliphatic heterocycles. The van der Waals surface area contributed by atoms with Crippen molar-refractivity contribution >= 4 is 16.5 Å². The number of fused-ring (bicyclic) bond motifs is 1. The topological polar surface area (TPSA) is 119 Å². The van der Waals surface area contributed by atoms with Gasteiger partial charge >= 0.3 is 5.92 Å². The molecule has 5 aromatic rings. The third-order valence-corrected chi connectivity index (χ3v) is 6.76. The molecule has 41 heavy (non-hydrogen) atoms. The number of rotatable bonds is 7. The Labute approximate surface area is 232 Å². The van der Waals surface area contributed by atoms with Crippen LogP contribution in [0.15, 0.2) is 59.9 Å². The predicted molar refractivity (Wildman–Crippen MR) is 148 cm³/mol. The zero-order chi connectivity index (χ0) is 29.5. The van der Waals surface area contributed by atoms with Gasteiger partial charge in [0.25, 0.3) is 5.56 Å².